The predicted molar refractivity (Wildman–Crippen MR) is 187 cm³/mol. The van der Waals surface area contributed by atoms with Crippen LogP contribution in [-0.4, -0.2) is 63.4 Å². The Bertz CT molecular complexity index is 1990. The van der Waals surface area contributed by atoms with Crippen molar-refractivity contribution in [3.63, 3.8) is 0 Å². The standard InChI is InChI=1S/C39H37ClFN3O8/c1-52-25-14-15-27(31(45)19-25)34-26-16-17-28-33(37(50)43(35(28)48)18-4-2-3-5-32(46)47)29(26)20-30-36(49)44(42-24-12-10-23(41)11-13-24)38(51)39(30,34)21-6-8-22(40)9-7-21/h6-16,19,28-30,33-34,42,45H,2-5,17-18,20H2,1H3,(H,46,47)/t28-,29+,30-,33-,34+,39+/m0/s1. The molecule has 52 heavy (non-hydrogen) atoms. The number of hydrogen-bond acceptors (Lipinski definition) is 8. The van der Waals surface area contributed by atoms with Crippen molar-refractivity contribution < 1.29 is 43.3 Å². The van der Waals surface area contributed by atoms with Crippen LogP contribution in [0.1, 0.15) is 55.6 Å². The summed E-state index contributed by atoms with van der Waals surface area (Å²) in [5.41, 5.74) is 3.04. The number of ether oxygens (including phenoxy) is 1. The van der Waals surface area contributed by atoms with E-state index in [1.54, 1.807) is 36.4 Å². The van der Waals surface area contributed by atoms with E-state index < -0.39 is 58.6 Å². The second-order valence-electron chi connectivity index (χ2n) is 13.8. The van der Waals surface area contributed by atoms with Crippen LogP contribution in [0.15, 0.2) is 78.4 Å². The number of aromatic hydroxyl groups is 1. The molecule has 6 atom stereocenters. The summed E-state index contributed by atoms with van der Waals surface area (Å²) in [6.07, 6.45) is 3.57. The zero-order valence-electron chi connectivity index (χ0n) is 28.3. The van der Waals surface area contributed by atoms with Gasteiger partial charge < -0.3 is 14.9 Å². The summed E-state index contributed by atoms with van der Waals surface area (Å²) in [5, 5.41) is 22.0. The van der Waals surface area contributed by atoms with Crippen molar-refractivity contribution in [1.29, 1.82) is 0 Å². The number of aliphatic carboxylic acids is 1. The smallest absolute Gasteiger partial charge is 0.303 e. The molecule has 0 unspecified atom stereocenters. The number of phenols is 1. The highest BCUT2D eigenvalue weighted by Gasteiger charge is 2.70. The van der Waals surface area contributed by atoms with Gasteiger partial charge in [0.25, 0.3) is 11.8 Å². The number of likely N-dealkylation sites (tertiary alicyclic amines) is 1. The number of carboxylic acids is 1. The molecule has 11 nitrogen and oxygen atoms in total. The van der Waals surface area contributed by atoms with E-state index in [4.69, 9.17) is 21.4 Å². The van der Waals surface area contributed by atoms with Crippen molar-refractivity contribution in [1.82, 2.24) is 9.91 Å². The molecule has 2 aliphatic carbocycles. The zero-order valence-corrected chi connectivity index (χ0v) is 29.0. The summed E-state index contributed by atoms with van der Waals surface area (Å²) in [7, 11) is 1.46. The molecule has 0 bridgehead atoms. The highest BCUT2D eigenvalue weighted by Crippen LogP contribution is 2.65. The first-order chi connectivity index (χ1) is 25.0. The third kappa shape index (κ3) is 5.69. The number of carbonyl (C=O) groups excluding carboxylic acids is 4. The Kier molecular flexibility index (Phi) is 9.28. The minimum atomic E-state index is -1.63. The van der Waals surface area contributed by atoms with Gasteiger partial charge in [0.15, 0.2) is 0 Å². The van der Waals surface area contributed by atoms with Crippen LogP contribution in [0.4, 0.5) is 10.1 Å². The van der Waals surface area contributed by atoms with Crippen LogP contribution in [0.2, 0.25) is 5.02 Å². The van der Waals surface area contributed by atoms with E-state index in [0.29, 0.717) is 52.4 Å². The first-order valence-corrected chi connectivity index (χ1v) is 17.7. The fourth-order valence-corrected chi connectivity index (χ4v) is 9.03. The van der Waals surface area contributed by atoms with Gasteiger partial charge in [-0.3, -0.25) is 34.3 Å². The van der Waals surface area contributed by atoms with Gasteiger partial charge >= 0.3 is 5.97 Å². The lowest BCUT2D eigenvalue weighted by Crippen LogP contribution is -2.53. The Hall–Kier alpha value is -5.23. The number of benzene rings is 3. The van der Waals surface area contributed by atoms with Crippen LogP contribution >= 0.6 is 11.6 Å². The van der Waals surface area contributed by atoms with Crippen LogP contribution in [-0.2, 0) is 29.4 Å². The SMILES string of the molecule is COc1ccc([C@H]2C3=CC[C@@H]4C(=O)N(CCCCCC(=O)O)C(=O)[C@@H]4[C@@H]3C[C@H]3C(=O)N(Nc4ccc(F)cc4)C(=O)[C@@]23c2ccc(Cl)cc2)c(O)c1. The van der Waals surface area contributed by atoms with E-state index in [-0.39, 0.29) is 43.4 Å². The summed E-state index contributed by atoms with van der Waals surface area (Å²) < 4.78 is 19.2. The lowest BCUT2D eigenvalue weighted by molar-refractivity contribution is -0.141. The van der Waals surface area contributed by atoms with Crippen molar-refractivity contribution in [3.05, 3.63) is 100 Å². The lowest BCUT2D eigenvalue weighted by Gasteiger charge is -2.50. The largest absolute Gasteiger partial charge is 0.508 e. The average molecular weight is 730 g/mol. The molecule has 4 aliphatic rings. The molecule has 13 heteroatoms. The number of methoxy groups -OCH3 is 1. The fourth-order valence-electron chi connectivity index (χ4n) is 8.90. The van der Waals surface area contributed by atoms with E-state index in [0.717, 1.165) is 5.01 Å². The molecular formula is C39H37ClFN3O8. The second-order valence-corrected chi connectivity index (χ2v) is 14.3. The van der Waals surface area contributed by atoms with Crippen molar-refractivity contribution in [2.45, 2.75) is 49.9 Å². The normalized spacial score (nSPS) is 26.5. The minimum absolute atomic E-state index is 0.00136. The summed E-state index contributed by atoms with van der Waals surface area (Å²) in [4.78, 5) is 70.1. The number of unbranched alkanes of at least 4 members (excludes halogenated alkanes) is 2. The summed E-state index contributed by atoms with van der Waals surface area (Å²) in [6.45, 7) is 0.153. The topological polar surface area (TPSA) is 154 Å². The Labute approximate surface area is 304 Å². The number of allylic oxidation sites excluding steroid dienone is 2. The molecule has 2 heterocycles. The highest BCUT2D eigenvalue weighted by molar-refractivity contribution is 6.30. The molecule has 2 aliphatic heterocycles. The van der Waals surface area contributed by atoms with Crippen molar-refractivity contribution in [3.8, 4) is 11.5 Å². The maximum absolute atomic E-state index is 15.2. The summed E-state index contributed by atoms with van der Waals surface area (Å²) in [6, 6.07) is 16.6. The minimum Gasteiger partial charge on any atom is -0.508 e. The highest BCUT2D eigenvalue weighted by atomic mass is 35.5. The van der Waals surface area contributed by atoms with E-state index in [1.807, 2.05) is 6.08 Å². The van der Waals surface area contributed by atoms with Crippen LogP contribution in [0.3, 0.4) is 0 Å². The van der Waals surface area contributed by atoms with Gasteiger partial charge in [-0.25, -0.2) is 4.39 Å². The van der Waals surface area contributed by atoms with Gasteiger partial charge in [0.2, 0.25) is 11.8 Å². The van der Waals surface area contributed by atoms with Crippen LogP contribution in [0.5, 0.6) is 11.5 Å². The predicted octanol–water partition coefficient (Wildman–Crippen LogP) is 5.82. The summed E-state index contributed by atoms with van der Waals surface area (Å²) >= 11 is 6.33. The van der Waals surface area contributed by atoms with E-state index in [2.05, 4.69) is 5.43 Å². The van der Waals surface area contributed by atoms with Gasteiger partial charge in [0.05, 0.1) is 36.0 Å². The molecule has 1 saturated carbocycles. The molecule has 2 saturated heterocycles. The quantitative estimate of drug-likeness (QED) is 0.126. The number of carbonyl (C=O) groups is 5. The van der Waals surface area contributed by atoms with Gasteiger partial charge in [-0.1, -0.05) is 47.9 Å². The lowest BCUT2D eigenvalue weighted by atomic mass is 9.49. The molecule has 0 spiro atoms. The Morgan fingerprint density at radius 3 is 2.37 bits per heavy atom. The number of nitrogens with one attached hydrogen (secondary N) is 1. The first-order valence-electron chi connectivity index (χ1n) is 17.3. The molecule has 3 fully saturated rings. The van der Waals surface area contributed by atoms with Gasteiger partial charge in [-0.05, 0) is 79.6 Å². The third-order valence-electron chi connectivity index (χ3n) is 11.2. The molecule has 3 N–H and O–H groups in total. The van der Waals surface area contributed by atoms with Gasteiger partial charge in [-0.15, -0.1) is 0 Å². The number of halogens is 2. The average Bonchev–Trinajstić information content (AvgIpc) is 3.49. The van der Waals surface area contributed by atoms with Crippen LogP contribution in [0, 0.1) is 29.5 Å². The second kappa shape index (κ2) is 13.7. The molecule has 0 aromatic heterocycles. The number of amides is 4. The third-order valence-corrected chi connectivity index (χ3v) is 11.4. The molecule has 7 rings (SSSR count). The van der Waals surface area contributed by atoms with Crippen LogP contribution in [0.25, 0.3) is 0 Å². The van der Waals surface area contributed by atoms with Crippen LogP contribution < -0.4 is 10.2 Å². The number of anilines is 1. The molecule has 270 valence electrons. The molecule has 4 amide bonds. The van der Waals surface area contributed by atoms with Crippen molar-refractivity contribution >= 4 is 46.9 Å². The zero-order chi connectivity index (χ0) is 36.9. The van der Waals surface area contributed by atoms with E-state index >= 15 is 4.79 Å². The van der Waals surface area contributed by atoms with Crippen molar-refractivity contribution in [2.75, 3.05) is 19.1 Å². The molecular weight excluding hydrogens is 693 g/mol. The first kappa shape index (κ1) is 35.2. The summed E-state index contributed by atoms with van der Waals surface area (Å²) in [5.74, 6) is -7.20. The Morgan fingerprint density at radius 2 is 1.69 bits per heavy atom. The molecule has 3 aromatic carbocycles. The van der Waals surface area contributed by atoms with E-state index in [1.165, 1.54) is 42.3 Å². The van der Waals surface area contributed by atoms with Crippen molar-refractivity contribution in [2.24, 2.45) is 23.7 Å². The Balaban J connectivity index is 1.36. The van der Waals surface area contributed by atoms with Gasteiger partial charge in [-0.2, -0.15) is 5.01 Å². The number of carboxylic acid groups (broad SMARTS) is 1. The number of hydrazine groups is 1. The maximum atomic E-state index is 15.2. The number of rotatable bonds is 11. The maximum Gasteiger partial charge on any atom is 0.303 e. The number of imide groups is 2. The van der Waals surface area contributed by atoms with E-state index in [9.17, 15) is 28.7 Å². The fraction of sp³-hybridized carbons (Fsp3) is 0.359. The molecule has 0 radical (unpaired) electrons. The number of fused-ring (bicyclic) bond motifs is 4. The number of hydrogen-bond donors (Lipinski definition) is 3. The Morgan fingerprint density at radius 1 is 0.962 bits per heavy atom. The molecule has 3 aromatic rings. The number of nitrogens with zero attached hydrogens (tertiary/aromatic N) is 2. The van der Waals surface area contributed by atoms with Gasteiger partial charge in [0.1, 0.15) is 17.3 Å². The van der Waals surface area contributed by atoms with Gasteiger partial charge in [0, 0.05) is 35.5 Å². The number of phenolic OH excluding ortho intramolecular Hbond substituents is 1. The monoisotopic (exact) mass is 729 g/mol.